The van der Waals surface area contributed by atoms with Gasteiger partial charge in [0.1, 0.15) is 0 Å². The van der Waals surface area contributed by atoms with E-state index in [2.05, 4.69) is 5.32 Å². The Hall–Kier alpha value is -0.200. The molecule has 5 nitrogen and oxygen atoms in total. The molecule has 1 fully saturated rings. The van der Waals surface area contributed by atoms with Crippen molar-refractivity contribution in [2.45, 2.75) is 12.8 Å². The predicted octanol–water partition coefficient (Wildman–Crippen LogP) is -1.20. The molecule has 0 unspecified atom stereocenters. The van der Waals surface area contributed by atoms with Gasteiger partial charge in [-0.1, -0.05) is 0 Å². The standard InChI is InChI=1S/C12H25NO4/c14-5-9(6-15)1-11-3-13-4-12(11)2-10(7-16)8-17/h9-17H,1-8H2/t11-,12-/m0/s1. The second kappa shape index (κ2) is 8.00. The van der Waals surface area contributed by atoms with Gasteiger partial charge in [-0.3, -0.25) is 0 Å². The van der Waals surface area contributed by atoms with Crippen molar-refractivity contribution in [2.75, 3.05) is 39.5 Å². The molecule has 0 aromatic rings. The number of aliphatic hydroxyl groups is 4. The highest BCUT2D eigenvalue weighted by Crippen LogP contribution is 2.29. The Morgan fingerprint density at radius 3 is 1.41 bits per heavy atom. The molecule has 0 spiro atoms. The molecule has 0 bridgehead atoms. The molecule has 0 aromatic carbocycles. The minimum absolute atomic E-state index is 0.0170. The molecule has 0 aromatic heterocycles. The van der Waals surface area contributed by atoms with E-state index in [1.165, 1.54) is 0 Å². The van der Waals surface area contributed by atoms with Crippen LogP contribution in [-0.2, 0) is 0 Å². The SMILES string of the molecule is OCC(CO)C[C@H]1CNC[C@@H]1CC(CO)CO. The Bertz CT molecular complexity index is 175. The summed E-state index contributed by atoms with van der Waals surface area (Å²) < 4.78 is 0. The first-order valence-electron chi connectivity index (χ1n) is 6.39. The van der Waals surface area contributed by atoms with Crippen LogP contribution in [0, 0.1) is 23.7 Å². The highest BCUT2D eigenvalue weighted by molar-refractivity contribution is 4.84. The second-order valence-corrected chi connectivity index (χ2v) is 5.11. The second-order valence-electron chi connectivity index (χ2n) is 5.11. The molecule has 5 N–H and O–H groups in total. The smallest absolute Gasteiger partial charge is 0.0481 e. The summed E-state index contributed by atoms with van der Waals surface area (Å²) >= 11 is 0. The van der Waals surface area contributed by atoms with Gasteiger partial charge in [-0.05, 0) is 37.8 Å². The minimum atomic E-state index is -0.0518. The molecule has 0 radical (unpaired) electrons. The quantitative estimate of drug-likeness (QED) is 0.372. The Morgan fingerprint density at radius 2 is 1.12 bits per heavy atom. The average molecular weight is 247 g/mol. The van der Waals surface area contributed by atoms with E-state index in [-0.39, 0.29) is 38.3 Å². The molecule has 0 aliphatic carbocycles. The van der Waals surface area contributed by atoms with Gasteiger partial charge in [-0.15, -0.1) is 0 Å². The molecule has 1 aliphatic heterocycles. The van der Waals surface area contributed by atoms with Crippen molar-refractivity contribution in [3.63, 3.8) is 0 Å². The fourth-order valence-electron chi connectivity index (χ4n) is 2.61. The maximum atomic E-state index is 9.09. The van der Waals surface area contributed by atoms with E-state index in [0.717, 1.165) is 25.9 Å². The number of rotatable bonds is 8. The van der Waals surface area contributed by atoms with E-state index in [9.17, 15) is 0 Å². The third-order valence-electron chi connectivity index (χ3n) is 3.78. The van der Waals surface area contributed by atoms with Gasteiger partial charge in [0.15, 0.2) is 0 Å². The lowest BCUT2D eigenvalue weighted by molar-refractivity contribution is 0.105. The topological polar surface area (TPSA) is 93.0 Å². The third kappa shape index (κ3) is 4.52. The van der Waals surface area contributed by atoms with Crippen molar-refractivity contribution in [3.05, 3.63) is 0 Å². The molecule has 1 saturated heterocycles. The van der Waals surface area contributed by atoms with E-state index in [4.69, 9.17) is 20.4 Å². The Kier molecular flexibility index (Phi) is 6.99. The molecule has 0 saturated carbocycles. The highest BCUT2D eigenvalue weighted by atomic mass is 16.3. The largest absolute Gasteiger partial charge is 0.396 e. The molecule has 5 heteroatoms. The summed E-state index contributed by atoms with van der Waals surface area (Å²) in [5.41, 5.74) is 0. The molecule has 2 atom stereocenters. The normalized spacial score (nSPS) is 25.1. The summed E-state index contributed by atoms with van der Waals surface area (Å²) in [5.74, 6) is 0.730. The van der Waals surface area contributed by atoms with Gasteiger partial charge < -0.3 is 25.7 Å². The summed E-state index contributed by atoms with van der Waals surface area (Å²) in [6.07, 6.45) is 1.60. The van der Waals surface area contributed by atoms with Crippen molar-refractivity contribution < 1.29 is 20.4 Å². The van der Waals surface area contributed by atoms with Crippen LogP contribution in [0.15, 0.2) is 0 Å². The summed E-state index contributed by atoms with van der Waals surface area (Å²) in [7, 11) is 0. The number of nitrogens with one attached hydrogen (secondary N) is 1. The van der Waals surface area contributed by atoms with Gasteiger partial charge in [0.25, 0.3) is 0 Å². The molecule has 1 aliphatic rings. The molecule has 17 heavy (non-hydrogen) atoms. The van der Waals surface area contributed by atoms with E-state index in [0.29, 0.717) is 11.8 Å². The summed E-state index contributed by atoms with van der Waals surface area (Å²) in [6, 6.07) is 0. The van der Waals surface area contributed by atoms with Crippen LogP contribution in [0.1, 0.15) is 12.8 Å². The van der Waals surface area contributed by atoms with Gasteiger partial charge in [0, 0.05) is 38.3 Å². The van der Waals surface area contributed by atoms with Crippen LogP contribution < -0.4 is 5.32 Å². The Morgan fingerprint density at radius 1 is 0.765 bits per heavy atom. The number of hydrogen-bond donors (Lipinski definition) is 5. The van der Waals surface area contributed by atoms with Crippen LogP contribution in [0.5, 0.6) is 0 Å². The maximum absolute atomic E-state index is 9.09. The first-order valence-corrected chi connectivity index (χ1v) is 6.39. The molecule has 0 amide bonds. The predicted molar refractivity (Wildman–Crippen MR) is 64.4 cm³/mol. The Labute approximate surface area is 102 Å². The van der Waals surface area contributed by atoms with Gasteiger partial charge in [0.05, 0.1) is 0 Å². The lowest BCUT2D eigenvalue weighted by atomic mass is 9.82. The van der Waals surface area contributed by atoms with Crippen molar-refractivity contribution >= 4 is 0 Å². The van der Waals surface area contributed by atoms with Crippen molar-refractivity contribution in [3.8, 4) is 0 Å². The summed E-state index contributed by atoms with van der Waals surface area (Å²) in [6.45, 7) is 1.86. The zero-order chi connectivity index (χ0) is 12.7. The van der Waals surface area contributed by atoms with Crippen molar-refractivity contribution in [2.24, 2.45) is 23.7 Å². The lowest BCUT2D eigenvalue weighted by Crippen LogP contribution is -2.24. The van der Waals surface area contributed by atoms with E-state index in [1.807, 2.05) is 0 Å². The van der Waals surface area contributed by atoms with Crippen molar-refractivity contribution in [1.82, 2.24) is 5.32 Å². The fraction of sp³-hybridized carbons (Fsp3) is 1.00. The molecule has 1 heterocycles. The van der Waals surface area contributed by atoms with Crippen molar-refractivity contribution in [1.29, 1.82) is 0 Å². The first kappa shape index (κ1) is 14.9. The van der Waals surface area contributed by atoms with E-state index in [1.54, 1.807) is 0 Å². The average Bonchev–Trinajstić information content (AvgIpc) is 2.80. The molecule has 102 valence electrons. The maximum Gasteiger partial charge on any atom is 0.0481 e. The summed E-state index contributed by atoms with van der Waals surface area (Å²) in [4.78, 5) is 0. The van der Waals surface area contributed by atoms with E-state index >= 15 is 0 Å². The third-order valence-corrected chi connectivity index (χ3v) is 3.78. The lowest BCUT2D eigenvalue weighted by Gasteiger charge is -2.24. The van der Waals surface area contributed by atoms with Crippen LogP contribution in [0.3, 0.4) is 0 Å². The zero-order valence-corrected chi connectivity index (χ0v) is 10.3. The molecule has 1 rings (SSSR count). The van der Waals surface area contributed by atoms with Crippen LogP contribution >= 0.6 is 0 Å². The number of aliphatic hydroxyl groups excluding tert-OH is 4. The van der Waals surface area contributed by atoms with Crippen LogP contribution in [-0.4, -0.2) is 59.9 Å². The van der Waals surface area contributed by atoms with Crippen LogP contribution in [0.4, 0.5) is 0 Å². The Balaban J connectivity index is 2.42. The first-order chi connectivity index (χ1) is 8.24. The molecular weight excluding hydrogens is 222 g/mol. The van der Waals surface area contributed by atoms with E-state index < -0.39 is 0 Å². The van der Waals surface area contributed by atoms with Crippen LogP contribution in [0.2, 0.25) is 0 Å². The number of hydrogen-bond acceptors (Lipinski definition) is 5. The van der Waals surface area contributed by atoms with Gasteiger partial charge in [-0.2, -0.15) is 0 Å². The fourth-order valence-corrected chi connectivity index (χ4v) is 2.61. The zero-order valence-electron chi connectivity index (χ0n) is 10.3. The molecular formula is C12H25NO4. The monoisotopic (exact) mass is 247 g/mol. The van der Waals surface area contributed by atoms with Gasteiger partial charge >= 0.3 is 0 Å². The van der Waals surface area contributed by atoms with Gasteiger partial charge in [-0.25, -0.2) is 0 Å². The summed E-state index contributed by atoms with van der Waals surface area (Å²) in [5, 5.41) is 39.6. The van der Waals surface area contributed by atoms with Gasteiger partial charge in [0.2, 0.25) is 0 Å². The highest BCUT2D eigenvalue weighted by Gasteiger charge is 2.30. The minimum Gasteiger partial charge on any atom is -0.396 e. The van der Waals surface area contributed by atoms with Crippen LogP contribution in [0.25, 0.3) is 0 Å².